The molecule has 0 radical (unpaired) electrons. The molecule has 0 spiro atoms. The van der Waals surface area contributed by atoms with E-state index in [4.69, 9.17) is 0 Å². The van der Waals surface area contributed by atoms with Crippen LogP contribution in [0.2, 0.25) is 0 Å². The second-order valence-electron chi connectivity index (χ2n) is 4.91. The minimum absolute atomic E-state index is 0.0198. The van der Waals surface area contributed by atoms with Crippen LogP contribution in [0.5, 0.6) is 0 Å². The number of hydrogen-bond donors (Lipinski definition) is 2. The van der Waals surface area contributed by atoms with Gasteiger partial charge in [0.25, 0.3) is 5.69 Å². The Morgan fingerprint density at radius 3 is 2.96 bits per heavy atom. The summed E-state index contributed by atoms with van der Waals surface area (Å²) in [7, 11) is 0. The molecule has 8 nitrogen and oxygen atoms in total. The molecule has 0 aliphatic carbocycles. The van der Waals surface area contributed by atoms with Gasteiger partial charge in [0.15, 0.2) is 0 Å². The minimum Gasteiger partial charge on any atom is -0.325 e. The van der Waals surface area contributed by atoms with Crippen LogP contribution in [0.3, 0.4) is 0 Å². The summed E-state index contributed by atoms with van der Waals surface area (Å²) in [5.74, 6) is 0.657. The summed E-state index contributed by atoms with van der Waals surface area (Å²) in [6.07, 6.45) is 1.78. The molecule has 1 amide bonds. The van der Waals surface area contributed by atoms with Gasteiger partial charge in [-0.2, -0.15) is 0 Å². The summed E-state index contributed by atoms with van der Waals surface area (Å²) in [5, 5.41) is 20.9. The third-order valence-corrected chi connectivity index (χ3v) is 3.87. The van der Waals surface area contributed by atoms with Crippen LogP contribution < -0.4 is 5.32 Å². The van der Waals surface area contributed by atoms with Crippen molar-refractivity contribution in [3.8, 4) is 0 Å². The Morgan fingerprint density at radius 1 is 1.48 bits per heavy atom. The van der Waals surface area contributed by atoms with Crippen molar-refractivity contribution in [2.45, 2.75) is 31.8 Å². The van der Waals surface area contributed by atoms with Gasteiger partial charge in [-0.1, -0.05) is 24.8 Å². The number of carbonyl (C=O) groups is 1. The van der Waals surface area contributed by atoms with Crippen LogP contribution in [-0.4, -0.2) is 31.8 Å². The molecule has 0 bridgehead atoms. The molecule has 0 aliphatic rings. The highest BCUT2D eigenvalue weighted by molar-refractivity contribution is 7.99. The molecule has 0 saturated carbocycles. The molecule has 2 rings (SSSR count). The summed E-state index contributed by atoms with van der Waals surface area (Å²) in [4.78, 5) is 26.6. The predicted octanol–water partition coefficient (Wildman–Crippen LogP) is 2.70. The van der Waals surface area contributed by atoms with E-state index in [0.29, 0.717) is 16.4 Å². The fourth-order valence-corrected chi connectivity index (χ4v) is 2.52. The van der Waals surface area contributed by atoms with Gasteiger partial charge < -0.3 is 5.32 Å². The maximum Gasteiger partial charge on any atom is 0.274 e. The lowest BCUT2D eigenvalue weighted by Crippen LogP contribution is -2.14. The van der Waals surface area contributed by atoms with Crippen molar-refractivity contribution < 1.29 is 9.72 Å². The number of aryl methyl sites for hydroxylation is 2. The van der Waals surface area contributed by atoms with Gasteiger partial charge in [0, 0.05) is 23.7 Å². The largest absolute Gasteiger partial charge is 0.325 e. The van der Waals surface area contributed by atoms with E-state index in [1.54, 1.807) is 19.1 Å². The van der Waals surface area contributed by atoms with E-state index in [0.717, 1.165) is 18.7 Å². The van der Waals surface area contributed by atoms with E-state index >= 15 is 0 Å². The van der Waals surface area contributed by atoms with E-state index in [2.05, 4.69) is 20.5 Å². The van der Waals surface area contributed by atoms with Crippen LogP contribution in [-0.2, 0) is 11.2 Å². The maximum absolute atomic E-state index is 11.9. The van der Waals surface area contributed by atoms with E-state index in [1.165, 1.54) is 17.8 Å². The van der Waals surface area contributed by atoms with Crippen LogP contribution in [0.15, 0.2) is 23.4 Å². The Labute approximate surface area is 137 Å². The van der Waals surface area contributed by atoms with Crippen LogP contribution in [0.1, 0.15) is 24.7 Å². The number of aromatic amines is 1. The molecule has 2 N–H and O–H groups in total. The highest BCUT2D eigenvalue weighted by Crippen LogP contribution is 2.22. The van der Waals surface area contributed by atoms with Gasteiger partial charge in [-0.15, -0.1) is 5.10 Å². The average Bonchev–Trinajstić information content (AvgIpc) is 2.95. The number of nitrogens with zero attached hydrogens (tertiary/aromatic N) is 3. The summed E-state index contributed by atoms with van der Waals surface area (Å²) < 4.78 is 0. The lowest BCUT2D eigenvalue weighted by atomic mass is 10.2. The molecule has 0 saturated heterocycles. The lowest BCUT2D eigenvalue weighted by molar-refractivity contribution is -0.385. The maximum atomic E-state index is 11.9. The number of rotatable bonds is 7. The van der Waals surface area contributed by atoms with E-state index in [9.17, 15) is 14.9 Å². The highest BCUT2D eigenvalue weighted by atomic mass is 32.2. The van der Waals surface area contributed by atoms with E-state index in [-0.39, 0.29) is 17.3 Å². The zero-order valence-electron chi connectivity index (χ0n) is 12.8. The van der Waals surface area contributed by atoms with Crippen molar-refractivity contribution in [3.63, 3.8) is 0 Å². The summed E-state index contributed by atoms with van der Waals surface area (Å²) in [6.45, 7) is 3.69. The summed E-state index contributed by atoms with van der Waals surface area (Å²) in [5.41, 5.74) is 0.926. The van der Waals surface area contributed by atoms with Gasteiger partial charge in [-0.3, -0.25) is 20.0 Å². The van der Waals surface area contributed by atoms with Crippen LogP contribution in [0.4, 0.5) is 11.4 Å². The zero-order chi connectivity index (χ0) is 16.8. The predicted molar refractivity (Wildman–Crippen MR) is 87.6 cm³/mol. The second kappa shape index (κ2) is 7.73. The minimum atomic E-state index is -0.470. The Morgan fingerprint density at radius 2 is 2.26 bits per heavy atom. The quantitative estimate of drug-likeness (QED) is 0.457. The number of H-pyrrole nitrogens is 1. The standard InChI is InChI=1S/C14H17N5O3S/c1-3-4-12-16-14(18-17-12)23-8-13(20)15-10-6-5-9(2)11(7-10)19(21)22/h5-7H,3-4,8H2,1-2H3,(H,15,20)(H,16,17,18). The molecule has 1 heterocycles. The van der Waals surface area contributed by atoms with Gasteiger partial charge in [0.1, 0.15) is 5.82 Å². The normalized spacial score (nSPS) is 10.5. The summed E-state index contributed by atoms with van der Waals surface area (Å²) in [6, 6.07) is 4.59. The monoisotopic (exact) mass is 335 g/mol. The molecule has 2 aromatic rings. The zero-order valence-corrected chi connectivity index (χ0v) is 13.6. The molecule has 23 heavy (non-hydrogen) atoms. The van der Waals surface area contributed by atoms with Crippen LogP contribution in [0.25, 0.3) is 0 Å². The van der Waals surface area contributed by atoms with Crippen molar-refractivity contribution in [1.82, 2.24) is 15.2 Å². The number of anilines is 1. The van der Waals surface area contributed by atoms with Gasteiger partial charge in [-0.25, -0.2) is 4.98 Å². The van der Waals surface area contributed by atoms with Gasteiger partial charge in [-0.05, 0) is 19.4 Å². The number of nitro groups is 1. The molecule has 0 fully saturated rings. The molecular formula is C14H17N5O3S. The second-order valence-corrected chi connectivity index (χ2v) is 5.85. The average molecular weight is 335 g/mol. The summed E-state index contributed by atoms with van der Waals surface area (Å²) >= 11 is 1.21. The van der Waals surface area contributed by atoms with Crippen molar-refractivity contribution in [1.29, 1.82) is 0 Å². The topological polar surface area (TPSA) is 114 Å². The van der Waals surface area contributed by atoms with Gasteiger partial charge in [0.05, 0.1) is 10.7 Å². The first kappa shape index (κ1) is 16.9. The third-order valence-electron chi connectivity index (χ3n) is 3.02. The lowest BCUT2D eigenvalue weighted by Gasteiger charge is -2.05. The number of nitrogens with one attached hydrogen (secondary N) is 2. The Balaban J connectivity index is 1.91. The molecular weight excluding hydrogens is 318 g/mol. The van der Waals surface area contributed by atoms with Crippen molar-refractivity contribution >= 4 is 29.0 Å². The van der Waals surface area contributed by atoms with E-state index in [1.807, 2.05) is 6.92 Å². The first-order valence-corrected chi connectivity index (χ1v) is 8.07. The number of thioether (sulfide) groups is 1. The number of carbonyl (C=O) groups excluding carboxylic acids is 1. The number of amides is 1. The smallest absolute Gasteiger partial charge is 0.274 e. The first-order valence-electron chi connectivity index (χ1n) is 7.08. The fraction of sp³-hybridized carbons (Fsp3) is 0.357. The molecule has 1 aromatic heterocycles. The molecule has 122 valence electrons. The third kappa shape index (κ3) is 4.78. The number of nitro benzene ring substituents is 1. The molecule has 1 aromatic carbocycles. The molecule has 0 aliphatic heterocycles. The van der Waals surface area contributed by atoms with Crippen LogP contribution in [0, 0.1) is 17.0 Å². The van der Waals surface area contributed by atoms with E-state index < -0.39 is 4.92 Å². The van der Waals surface area contributed by atoms with Gasteiger partial charge in [0.2, 0.25) is 11.1 Å². The van der Waals surface area contributed by atoms with Gasteiger partial charge >= 0.3 is 0 Å². The van der Waals surface area contributed by atoms with Crippen molar-refractivity contribution in [3.05, 3.63) is 39.7 Å². The first-order chi connectivity index (χ1) is 11.0. The van der Waals surface area contributed by atoms with Crippen molar-refractivity contribution in [2.24, 2.45) is 0 Å². The fourth-order valence-electron chi connectivity index (χ4n) is 1.90. The Kier molecular flexibility index (Phi) is 5.69. The Bertz CT molecular complexity index is 716. The number of hydrogen-bond acceptors (Lipinski definition) is 6. The van der Waals surface area contributed by atoms with Crippen LogP contribution >= 0.6 is 11.8 Å². The number of benzene rings is 1. The molecule has 9 heteroatoms. The highest BCUT2D eigenvalue weighted by Gasteiger charge is 2.13. The SMILES string of the molecule is CCCc1nc(SCC(=O)Nc2ccc(C)c([N+](=O)[O-])c2)n[nH]1. The molecule has 0 atom stereocenters. The molecule has 0 unspecified atom stereocenters. The van der Waals surface area contributed by atoms with Crippen molar-refractivity contribution in [2.75, 3.05) is 11.1 Å². The Hall–Kier alpha value is -2.42. The number of aromatic nitrogens is 3.